The summed E-state index contributed by atoms with van der Waals surface area (Å²) in [4.78, 5) is 2.41. The fraction of sp³-hybridized carbons (Fsp3) is 0.216. The van der Waals surface area contributed by atoms with Gasteiger partial charge in [0.1, 0.15) is 20.1 Å². The fourth-order valence-corrected chi connectivity index (χ4v) is 5.80. The molecule has 4 nitrogen and oxygen atoms in total. The maximum Gasteiger partial charge on any atom is 0.212 e. The lowest BCUT2D eigenvalue weighted by Crippen LogP contribution is -2.38. The molecule has 0 saturated carbocycles. The lowest BCUT2D eigenvalue weighted by molar-refractivity contribution is -0.697. The molecule has 4 heteroatoms. The van der Waals surface area contributed by atoms with Gasteiger partial charge in [-0.25, -0.2) is 9.13 Å². The average molecular weight is 540 g/mol. The zero-order valence-corrected chi connectivity index (χ0v) is 24.2. The van der Waals surface area contributed by atoms with Crippen molar-refractivity contribution in [2.75, 3.05) is 11.4 Å². The van der Waals surface area contributed by atoms with Crippen LogP contribution in [0.4, 0.5) is 5.69 Å². The fourth-order valence-electron chi connectivity index (χ4n) is 5.80. The largest absolute Gasteiger partial charge is 0.341 e. The smallest absolute Gasteiger partial charge is 0.212 e. The number of likely N-dealkylation sites (N-methyl/N-ethyl adjacent to an activating group) is 1. The van der Waals surface area contributed by atoms with Crippen LogP contribution in [0.15, 0.2) is 121 Å². The molecule has 3 aromatic heterocycles. The van der Waals surface area contributed by atoms with E-state index in [1.54, 1.807) is 0 Å². The highest BCUT2D eigenvalue weighted by molar-refractivity contribution is 5.80. The number of rotatable bonds is 9. The molecule has 204 valence electrons. The van der Waals surface area contributed by atoms with Gasteiger partial charge in [-0.1, -0.05) is 36.4 Å². The number of hydrogen-bond acceptors (Lipinski definition) is 1. The second kappa shape index (κ2) is 12.3. The second-order valence-electron chi connectivity index (χ2n) is 10.8. The number of aromatic nitrogens is 3. The molecule has 0 amide bonds. The van der Waals surface area contributed by atoms with Gasteiger partial charge < -0.3 is 4.90 Å². The van der Waals surface area contributed by atoms with Gasteiger partial charge >= 0.3 is 0 Å². The van der Waals surface area contributed by atoms with E-state index in [1.165, 1.54) is 51.1 Å². The summed E-state index contributed by atoms with van der Waals surface area (Å²) in [5, 5.41) is 1.29. The molecule has 0 radical (unpaired) electrons. The minimum Gasteiger partial charge on any atom is -0.341 e. The molecule has 1 aliphatic heterocycles. The summed E-state index contributed by atoms with van der Waals surface area (Å²) in [6.07, 6.45) is 18.9. The van der Waals surface area contributed by atoms with Crippen molar-refractivity contribution in [1.29, 1.82) is 0 Å². The highest BCUT2D eigenvalue weighted by Crippen LogP contribution is 2.31. The van der Waals surface area contributed by atoms with Gasteiger partial charge in [-0.3, -0.25) is 0 Å². The zero-order valence-electron chi connectivity index (χ0n) is 24.2. The predicted octanol–water partition coefficient (Wildman–Crippen LogP) is 6.67. The van der Waals surface area contributed by atoms with Gasteiger partial charge in [0.2, 0.25) is 11.2 Å². The van der Waals surface area contributed by atoms with E-state index >= 15 is 0 Å². The number of anilines is 1. The van der Waals surface area contributed by atoms with E-state index in [4.69, 9.17) is 0 Å². The number of para-hydroxylation sites is 2. The number of aryl methyl sites for hydroxylation is 3. The van der Waals surface area contributed by atoms with Gasteiger partial charge in [0, 0.05) is 78.6 Å². The van der Waals surface area contributed by atoms with Crippen LogP contribution in [0.25, 0.3) is 34.2 Å². The molecule has 1 aliphatic rings. The van der Waals surface area contributed by atoms with Crippen LogP contribution in [0, 0.1) is 0 Å². The van der Waals surface area contributed by atoms with Crippen molar-refractivity contribution in [1.82, 2.24) is 0 Å². The Kier molecular flexibility index (Phi) is 7.99. The van der Waals surface area contributed by atoms with Crippen molar-refractivity contribution in [2.45, 2.75) is 39.3 Å². The van der Waals surface area contributed by atoms with Crippen LogP contribution in [-0.4, -0.2) is 6.54 Å². The molecule has 41 heavy (non-hydrogen) atoms. The summed E-state index contributed by atoms with van der Waals surface area (Å²) in [7, 11) is 2.05. The molecule has 0 bridgehead atoms. The lowest BCUT2D eigenvalue weighted by atomic mass is 10.0. The normalized spacial score (nSPS) is 13.6. The van der Waals surface area contributed by atoms with Gasteiger partial charge in [0.25, 0.3) is 0 Å². The topological polar surface area (TPSA) is 14.9 Å². The first-order valence-electron chi connectivity index (χ1n) is 14.8. The minimum atomic E-state index is 0.934. The Labute approximate surface area is 243 Å². The summed E-state index contributed by atoms with van der Waals surface area (Å²) in [5.41, 5.74) is 8.85. The van der Waals surface area contributed by atoms with E-state index in [9.17, 15) is 0 Å². The van der Waals surface area contributed by atoms with Crippen LogP contribution in [0.1, 0.15) is 37.4 Å². The van der Waals surface area contributed by atoms with Crippen LogP contribution in [-0.2, 0) is 20.1 Å². The second-order valence-corrected chi connectivity index (χ2v) is 10.8. The van der Waals surface area contributed by atoms with E-state index < -0.39 is 0 Å². The van der Waals surface area contributed by atoms with Crippen LogP contribution in [0.2, 0.25) is 0 Å². The lowest BCUT2D eigenvalue weighted by Gasteiger charge is -2.29. The molecule has 0 N–H and O–H groups in total. The zero-order chi connectivity index (χ0) is 28.0. The van der Waals surface area contributed by atoms with Gasteiger partial charge in [0.15, 0.2) is 24.8 Å². The minimum absolute atomic E-state index is 0.934. The number of allylic oxidation sites excluding steroid dienone is 1. The molecule has 2 aromatic carbocycles. The van der Waals surface area contributed by atoms with E-state index in [2.05, 4.69) is 153 Å². The van der Waals surface area contributed by atoms with E-state index in [1.807, 2.05) is 7.05 Å². The molecule has 0 unspecified atom stereocenters. The number of benzene rings is 2. The third kappa shape index (κ3) is 5.97. The summed E-state index contributed by atoms with van der Waals surface area (Å²) in [5.74, 6) is 0. The molecule has 5 aromatic rings. The average Bonchev–Trinajstić information content (AvgIpc) is 3.02. The Morgan fingerprint density at radius 3 is 2.20 bits per heavy atom. The molecule has 0 spiro atoms. The molecule has 0 saturated heterocycles. The Morgan fingerprint density at radius 1 is 0.683 bits per heavy atom. The maximum atomic E-state index is 2.51. The third-order valence-corrected chi connectivity index (χ3v) is 8.06. The molecule has 0 fully saturated rings. The summed E-state index contributed by atoms with van der Waals surface area (Å²) in [6.45, 7) is 5.20. The van der Waals surface area contributed by atoms with Crippen LogP contribution < -0.4 is 18.6 Å². The molecular weight excluding hydrogens is 500 g/mol. The number of unbranched alkanes of at least 4 members (excludes halogenated alkanes) is 2. The number of nitrogens with zero attached hydrogens (tertiary/aromatic N) is 4. The van der Waals surface area contributed by atoms with Gasteiger partial charge in [-0.05, 0) is 54.3 Å². The molecule has 0 aliphatic carbocycles. The van der Waals surface area contributed by atoms with Gasteiger partial charge in [0.05, 0.1) is 0 Å². The van der Waals surface area contributed by atoms with Crippen molar-refractivity contribution >= 4 is 28.7 Å². The monoisotopic (exact) mass is 539 g/mol. The number of fused-ring (bicyclic) bond motifs is 2. The first-order chi connectivity index (χ1) is 20.2. The summed E-state index contributed by atoms with van der Waals surface area (Å²) < 4.78 is 6.88. The number of hydrogen-bond donors (Lipinski definition) is 0. The molecule has 0 atom stereocenters. The van der Waals surface area contributed by atoms with E-state index in [0.717, 1.165) is 32.5 Å². The van der Waals surface area contributed by atoms with E-state index in [-0.39, 0.29) is 0 Å². The Hall–Kier alpha value is -4.57. The summed E-state index contributed by atoms with van der Waals surface area (Å²) >= 11 is 0. The standard InChI is InChI=1S/C37H39N4/c1-3-40-34(17-15-32-11-5-7-13-36(32)40)29-35-18-16-33-12-6-8-14-37(33)41(35)24-10-4-9-23-39-27-21-31(22-28-39)30-19-25-38(2)26-20-30/h5-8,11-22,25-29H,3-4,9-10,23-24H2,1-2H3/q+3. The maximum absolute atomic E-state index is 2.51. The quantitative estimate of drug-likeness (QED) is 0.151. The van der Waals surface area contributed by atoms with Crippen molar-refractivity contribution in [3.63, 3.8) is 0 Å². The van der Waals surface area contributed by atoms with Crippen molar-refractivity contribution in [3.05, 3.63) is 133 Å². The van der Waals surface area contributed by atoms with Crippen molar-refractivity contribution in [3.8, 4) is 11.1 Å². The molecular formula is C37H39N4+3. The predicted molar refractivity (Wildman–Crippen MR) is 168 cm³/mol. The van der Waals surface area contributed by atoms with E-state index in [0.29, 0.717) is 0 Å². The molecule has 6 rings (SSSR count). The van der Waals surface area contributed by atoms with Crippen molar-refractivity contribution < 1.29 is 13.7 Å². The highest BCUT2D eigenvalue weighted by Gasteiger charge is 2.19. The highest BCUT2D eigenvalue weighted by atomic mass is 15.1. The van der Waals surface area contributed by atoms with Gasteiger partial charge in [-0.2, -0.15) is 4.57 Å². The number of pyridine rings is 3. The van der Waals surface area contributed by atoms with Crippen molar-refractivity contribution in [2.24, 2.45) is 7.05 Å². The molecule has 4 heterocycles. The Morgan fingerprint density at radius 2 is 1.39 bits per heavy atom. The Balaban J connectivity index is 1.15. The first-order valence-corrected chi connectivity index (χ1v) is 14.8. The first kappa shape index (κ1) is 26.6. The van der Waals surface area contributed by atoms with Crippen LogP contribution in [0.3, 0.4) is 0 Å². The van der Waals surface area contributed by atoms with Crippen LogP contribution >= 0.6 is 0 Å². The van der Waals surface area contributed by atoms with Gasteiger partial charge in [-0.15, -0.1) is 0 Å². The Bertz CT molecular complexity index is 1700. The SMILES string of the molecule is CCN1/C(=C\c2ccc3ccccc3[n+]2CCCCC[n+]2ccc(-c3cc[n+](C)cc3)cc2)C=Cc2ccccc21. The van der Waals surface area contributed by atoms with Crippen LogP contribution in [0.5, 0.6) is 0 Å². The third-order valence-electron chi connectivity index (χ3n) is 8.06. The summed E-state index contributed by atoms with van der Waals surface area (Å²) in [6, 6.07) is 30.7.